The van der Waals surface area contributed by atoms with Gasteiger partial charge in [-0.05, 0) is 6.42 Å². The quantitative estimate of drug-likeness (QED) is 0.0479. The first-order valence-electron chi connectivity index (χ1n) is 16.0. The van der Waals surface area contributed by atoms with Gasteiger partial charge < -0.3 is 20.1 Å². The minimum absolute atomic E-state index is 0.0941. The van der Waals surface area contributed by atoms with Crippen LogP contribution in [0.2, 0.25) is 0 Å². The number of unbranched alkanes of at least 4 members (excludes halogenated alkanes) is 19. The van der Waals surface area contributed by atoms with Crippen molar-refractivity contribution in [1.29, 1.82) is 0 Å². The Hall–Kier alpha value is -0.500. The highest BCUT2D eigenvalue weighted by Gasteiger charge is 2.24. The molecule has 0 aromatic heterocycles. The first-order valence-corrected chi connectivity index (χ1v) is 17.5. The second-order valence-electron chi connectivity index (χ2n) is 10.6. The van der Waals surface area contributed by atoms with Crippen LogP contribution in [-0.2, 0) is 27.9 Å². The van der Waals surface area contributed by atoms with Crippen molar-refractivity contribution in [1.82, 2.24) is 0 Å². The van der Waals surface area contributed by atoms with Gasteiger partial charge in [0.05, 0.1) is 19.8 Å². The normalized spacial score (nSPS) is 13.8. The second kappa shape index (κ2) is 29.0. The van der Waals surface area contributed by atoms with Gasteiger partial charge in [0, 0.05) is 19.6 Å². The minimum Gasteiger partial charge on any atom is -0.457 e. The van der Waals surface area contributed by atoms with Crippen LogP contribution in [0.5, 0.6) is 0 Å². The molecule has 0 bridgehead atoms. The predicted molar refractivity (Wildman–Crippen MR) is 160 cm³/mol. The Morgan fingerprint density at radius 2 is 1.10 bits per heavy atom. The molecule has 0 aromatic rings. The summed E-state index contributed by atoms with van der Waals surface area (Å²) in [6.45, 7) is 4.36. The third-order valence-electron chi connectivity index (χ3n) is 6.83. The van der Waals surface area contributed by atoms with Gasteiger partial charge >= 0.3 is 13.8 Å². The van der Waals surface area contributed by atoms with E-state index < -0.39 is 19.9 Å². The summed E-state index contributed by atoms with van der Waals surface area (Å²) in [7, 11) is -4.22. The van der Waals surface area contributed by atoms with Crippen molar-refractivity contribution in [3.8, 4) is 0 Å². The van der Waals surface area contributed by atoms with E-state index in [0.717, 1.165) is 12.8 Å². The molecule has 0 amide bonds. The maximum Gasteiger partial charge on any atom is 0.472 e. The van der Waals surface area contributed by atoms with Gasteiger partial charge in [0.25, 0.3) is 0 Å². The van der Waals surface area contributed by atoms with E-state index in [-0.39, 0.29) is 32.8 Å². The number of carbonyl (C=O) groups excluding carboxylic acids is 1. The van der Waals surface area contributed by atoms with Gasteiger partial charge in [-0.15, -0.1) is 0 Å². The summed E-state index contributed by atoms with van der Waals surface area (Å²) in [6.07, 6.45) is 26.3. The Kier molecular flexibility index (Phi) is 28.6. The van der Waals surface area contributed by atoms with Gasteiger partial charge in [-0.3, -0.25) is 13.8 Å². The zero-order valence-electron chi connectivity index (χ0n) is 25.4. The van der Waals surface area contributed by atoms with E-state index in [0.29, 0.717) is 6.61 Å². The van der Waals surface area contributed by atoms with Crippen LogP contribution in [0.15, 0.2) is 0 Å². The maximum absolute atomic E-state index is 11.8. The molecule has 0 saturated carbocycles. The number of ether oxygens (including phenoxy) is 2. The van der Waals surface area contributed by atoms with Crippen LogP contribution in [0.1, 0.15) is 149 Å². The van der Waals surface area contributed by atoms with Crippen LogP contribution >= 0.6 is 7.82 Å². The van der Waals surface area contributed by atoms with Gasteiger partial charge in [0.1, 0.15) is 6.10 Å². The third kappa shape index (κ3) is 28.8. The monoisotopic (exact) mass is 579 g/mol. The molecule has 2 atom stereocenters. The molecule has 0 aromatic carbocycles. The van der Waals surface area contributed by atoms with E-state index >= 15 is 0 Å². The van der Waals surface area contributed by atoms with Crippen LogP contribution in [0.4, 0.5) is 0 Å². The Morgan fingerprint density at radius 1 is 0.667 bits per heavy atom. The first-order chi connectivity index (χ1) is 18.9. The molecule has 9 heteroatoms. The zero-order valence-corrected chi connectivity index (χ0v) is 26.3. The fraction of sp³-hybridized carbons (Fsp3) is 0.967. The molecule has 0 fully saturated rings. The van der Waals surface area contributed by atoms with Gasteiger partial charge in [-0.2, -0.15) is 0 Å². The largest absolute Gasteiger partial charge is 0.472 e. The van der Waals surface area contributed by atoms with Crippen LogP contribution in [0.3, 0.4) is 0 Å². The van der Waals surface area contributed by atoms with Crippen molar-refractivity contribution >= 4 is 13.8 Å². The third-order valence-corrected chi connectivity index (χ3v) is 7.81. The Balaban J connectivity index is 3.55. The van der Waals surface area contributed by atoms with E-state index in [2.05, 4.69) is 6.92 Å². The Morgan fingerprint density at radius 3 is 1.51 bits per heavy atom. The molecular weight excluding hydrogens is 517 g/mol. The van der Waals surface area contributed by atoms with E-state index in [1.807, 2.05) is 0 Å². The summed E-state index contributed by atoms with van der Waals surface area (Å²) in [5, 5.41) is 0. The van der Waals surface area contributed by atoms with Gasteiger partial charge in [-0.1, -0.05) is 136 Å². The molecule has 0 aliphatic carbocycles. The number of nitrogens with two attached hydrogens (primary N) is 1. The van der Waals surface area contributed by atoms with Crippen LogP contribution in [0.25, 0.3) is 0 Å². The lowest BCUT2D eigenvalue weighted by molar-refractivity contribution is -0.154. The predicted octanol–water partition coefficient (Wildman–Crippen LogP) is 8.24. The van der Waals surface area contributed by atoms with Crippen molar-refractivity contribution < 1.29 is 32.8 Å². The molecule has 0 rings (SSSR count). The van der Waals surface area contributed by atoms with Gasteiger partial charge in [-0.25, -0.2) is 4.57 Å². The second-order valence-corrected chi connectivity index (χ2v) is 12.1. The topological polar surface area (TPSA) is 117 Å². The number of phosphoric acid groups is 1. The summed E-state index contributed by atoms with van der Waals surface area (Å²) in [6, 6.07) is 0. The Labute approximate surface area is 240 Å². The lowest BCUT2D eigenvalue weighted by Gasteiger charge is -2.19. The fourth-order valence-corrected chi connectivity index (χ4v) is 5.21. The van der Waals surface area contributed by atoms with E-state index in [9.17, 15) is 14.3 Å². The molecule has 234 valence electrons. The molecule has 0 aliphatic rings. The molecule has 0 heterocycles. The van der Waals surface area contributed by atoms with Crippen LogP contribution in [0, 0.1) is 0 Å². The van der Waals surface area contributed by atoms with E-state index in [4.69, 9.17) is 24.3 Å². The van der Waals surface area contributed by atoms with Crippen molar-refractivity contribution in [2.24, 2.45) is 5.73 Å². The first kappa shape index (κ1) is 38.5. The number of hydrogen-bond acceptors (Lipinski definition) is 7. The SMILES string of the molecule is CCCCCCCCCCCCCCCCCCCCCCOCC(COP(=O)(O)OCCN)OC(=O)CC. The van der Waals surface area contributed by atoms with Crippen molar-refractivity contribution in [2.45, 2.75) is 155 Å². The van der Waals surface area contributed by atoms with Crippen molar-refractivity contribution in [3.63, 3.8) is 0 Å². The van der Waals surface area contributed by atoms with Crippen LogP contribution < -0.4 is 5.73 Å². The van der Waals surface area contributed by atoms with Gasteiger partial charge in [0.2, 0.25) is 0 Å². The van der Waals surface area contributed by atoms with Crippen molar-refractivity contribution in [2.75, 3.05) is 33.0 Å². The van der Waals surface area contributed by atoms with Crippen LogP contribution in [-0.4, -0.2) is 49.9 Å². The number of rotatable bonds is 31. The Bertz CT molecular complexity index is 580. The van der Waals surface area contributed by atoms with E-state index in [1.165, 1.54) is 116 Å². The zero-order chi connectivity index (χ0) is 28.9. The van der Waals surface area contributed by atoms with Crippen molar-refractivity contribution in [3.05, 3.63) is 0 Å². The maximum atomic E-state index is 11.8. The fourth-order valence-electron chi connectivity index (χ4n) is 4.44. The summed E-state index contributed by atoms with van der Waals surface area (Å²) in [5.41, 5.74) is 5.27. The number of carbonyl (C=O) groups is 1. The highest BCUT2D eigenvalue weighted by atomic mass is 31.2. The molecule has 3 N–H and O–H groups in total. The number of hydrogen-bond donors (Lipinski definition) is 2. The van der Waals surface area contributed by atoms with Gasteiger partial charge in [0.15, 0.2) is 0 Å². The molecule has 0 radical (unpaired) electrons. The summed E-state index contributed by atoms with van der Waals surface area (Å²) >= 11 is 0. The summed E-state index contributed by atoms with van der Waals surface area (Å²) in [5.74, 6) is -0.415. The summed E-state index contributed by atoms with van der Waals surface area (Å²) < 4.78 is 32.3. The highest BCUT2D eigenvalue weighted by molar-refractivity contribution is 7.47. The smallest absolute Gasteiger partial charge is 0.457 e. The average Bonchev–Trinajstić information content (AvgIpc) is 2.93. The minimum atomic E-state index is -4.22. The molecule has 8 nitrogen and oxygen atoms in total. The average molecular weight is 580 g/mol. The summed E-state index contributed by atoms with van der Waals surface area (Å²) in [4.78, 5) is 21.2. The number of phosphoric ester groups is 1. The molecule has 0 spiro atoms. The standard InChI is InChI=1S/C30H62NO7P/c1-3-5-6-7-8-9-10-11-12-13-14-15-16-17-18-19-20-21-22-23-25-35-27-29(38-30(32)4-2)28-37-39(33,34)36-26-24-31/h29H,3-28,31H2,1-2H3,(H,33,34). The lowest BCUT2D eigenvalue weighted by atomic mass is 10.0. The lowest BCUT2D eigenvalue weighted by Crippen LogP contribution is -2.28. The molecule has 0 aliphatic heterocycles. The molecule has 39 heavy (non-hydrogen) atoms. The van der Waals surface area contributed by atoms with E-state index in [1.54, 1.807) is 6.92 Å². The molecule has 2 unspecified atom stereocenters. The molecular formula is C30H62NO7P. The highest BCUT2D eigenvalue weighted by Crippen LogP contribution is 2.43. The molecule has 0 saturated heterocycles. The number of esters is 1.